The third kappa shape index (κ3) is 3.25. The van der Waals surface area contributed by atoms with Gasteiger partial charge in [-0.25, -0.2) is 0 Å². The Bertz CT molecular complexity index is 669. The monoisotopic (exact) mass is 378 g/mol. The normalized spacial score (nSPS) is 24.7. The van der Waals surface area contributed by atoms with E-state index in [2.05, 4.69) is 0 Å². The predicted octanol–water partition coefficient (Wildman–Crippen LogP) is 3.47. The topological polar surface area (TPSA) is 71.1 Å². The lowest BCUT2D eigenvalue weighted by molar-refractivity contribution is -0.164. The first-order valence-electron chi connectivity index (χ1n) is 9.20. The number of hydrogen-bond donors (Lipinski definition) is 0. The number of ether oxygens (including phenoxy) is 2. The van der Waals surface area contributed by atoms with Gasteiger partial charge in [-0.3, -0.25) is 9.59 Å². The van der Waals surface area contributed by atoms with Crippen LogP contribution in [0.25, 0.3) is 0 Å². The van der Waals surface area contributed by atoms with Crippen LogP contribution in [0.2, 0.25) is 5.31 Å². The molecule has 0 aromatic heterocycles. The fraction of sp³-hybridized carbons (Fsp3) is 0.700. The number of esters is 2. The van der Waals surface area contributed by atoms with Crippen LogP contribution in [-0.4, -0.2) is 44.5 Å². The van der Waals surface area contributed by atoms with Gasteiger partial charge in [0.1, 0.15) is 0 Å². The van der Waals surface area contributed by atoms with Gasteiger partial charge < -0.3 is 18.8 Å². The maximum absolute atomic E-state index is 12.5. The third-order valence-electron chi connectivity index (χ3n) is 6.19. The summed E-state index contributed by atoms with van der Waals surface area (Å²) < 4.78 is 22.4. The summed E-state index contributed by atoms with van der Waals surface area (Å²) in [4.78, 5) is 25.1. The quantitative estimate of drug-likeness (QED) is 0.424. The summed E-state index contributed by atoms with van der Waals surface area (Å²) in [5.41, 5.74) is -0.732. The van der Waals surface area contributed by atoms with Gasteiger partial charge in [-0.15, -0.1) is 0 Å². The predicted molar refractivity (Wildman–Crippen MR) is 103 cm³/mol. The highest BCUT2D eigenvalue weighted by atomic mass is 16.7. The summed E-state index contributed by atoms with van der Waals surface area (Å²) in [7, 11) is 2.01. The van der Waals surface area contributed by atoms with Crippen molar-refractivity contribution in [2.45, 2.75) is 71.4 Å². The van der Waals surface area contributed by atoms with Crippen molar-refractivity contribution in [2.75, 3.05) is 14.2 Å². The molecule has 2 rings (SSSR count). The molecule has 0 aromatic rings. The molecule has 1 aliphatic carbocycles. The smallest absolute Gasteiger partial charge is 0.468 e. The first-order valence-corrected chi connectivity index (χ1v) is 9.20. The van der Waals surface area contributed by atoms with E-state index in [1.807, 2.05) is 54.5 Å². The van der Waals surface area contributed by atoms with Crippen molar-refractivity contribution in [3.63, 3.8) is 0 Å². The molecular weight excluding hydrogens is 347 g/mol. The molecule has 0 saturated carbocycles. The summed E-state index contributed by atoms with van der Waals surface area (Å²) in [5, 5.41) is -0.601. The number of hydrogen-bond acceptors (Lipinski definition) is 6. The van der Waals surface area contributed by atoms with Crippen LogP contribution >= 0.6 is 0 Å². The van der Waals surface area contributed by atoms with Gasteiger partial charge in [0.05, 0.1) is 25.4 Å². The van der Waals surface area contributed by atoms with E-state index in [1.54, 1.807) is 6.08 Å². The van der Waals surface area contributed by atoms with E-state index in [9.17, 15) is 9.59 Å². The van der Waals surface area contributed by atoms with Crippen LogP contribution < -0.4 is 0 Å². The molecular formula is C20H31BO6. The Morgan fingerprint density at radius 3 is 1.89 bits per heavy atom. The number of rotatable bonds is 4. The molecule has 0 N–H and O–H groups in total. The van der Waals surface area contributed by atoms with Crippen LogP contribution in [-0.2, 0) is 28.4 Å². The standard InChI is InChI=1S/C20H31BO6/c1-10-13-11-20(15(22)24-8,16(23)25-9)12-14(13)17(2,3)21-26-18(4,5)19(6,7)27-21/h10,12H,11H2,1-9H3/b13-10-. The molecule has 1 fully saturated rings. The van der Waals surface area contributed by atoms with E-state index >= 15 is 0 Å². The molecule has 1 saturated heterocycles. The first-order chi connectivity index (χ1) is 12.3. The van der Waals surface area contributed by atoms with Gasteiger partial charge in [0.15, 0.2) is 5.41 Å². The molecule has 150 valence electrons. The van der Waals surface area contributed by atoms with Crippen LogP contribution in [0.3, 0.4) is 0 Å². The molecule has 0 atom stereocenters. The van der Waals surface area contributed by atoms with Crippen LogP contribution in [0.5, 0.6) is 0 Å². The van der Waals surface area contributed by atoms with Crippen LogP contribution in [0.4, 0.5) is 0 Å². The van der Waals surface area contributed by atoms with Crippen molar-refractivity contribution < 1.29 is 28.4 Å². The molecule has 0 amide bonds. The molecule has 0 aromatic carbocycles. The summed E-state index contributed by atoms with van der Waals surface area (Å²) in [6.07, 6.45) is 3.78. The van der Waals surface area contributed by atoms with E-state index in [4.69, 9.17) is 18.8 Å². The van der Waals surface area contributed by atoms with Gasteiger partial charge >= 0.3 is 19.1 Å². The van der Waals surface area contributed by atoms with Crippen molar-refractivity contribution in [1.82, 2.24) is 0 Å². The highest BCUT2D eigenvalue weighted by Gasteiger charge is 2.60. The van der Waals surface area contributed by atoms with E-state index in [0.717, 1.165) is 11.1 Å². The molecule has 0 spiro atoms. The Morgan fingerprint density at radius 2 is 1.52 bits per heavy atom. The number of carbonyl (C=O) groups is 2. The van der Waals surface area contributed by atoms with Crippen molar-refractivity contribution >= 4 is 19.1 Å². The Kier molecular flexibility index (Phi) is 5.45. The largest absolute Gasteiger partial charge is 0.468 e. The Balaban J connectivity index is 2.54. The van der Waals surface area contributed by atoms with Crippen molar-refractivity contribution in [1.29, 1.82) is 0 Å². The first kappa shape index (κ1) is 21.7. The van der Waals surface area contributed by atoms with Gasteiger partial charge in [0.25, 0.3) is 0 Å². The van der Waals surface area contributed by atoms with Gasteiger partial charge in [0, 0.05) is 11.7 Å². The van der Waals surface area contributed by atoms with Crippen molar-refractivity contribution in [3.05, 3.63) is 23.3 Å². The van der Waals surface area contributed by atoms with Gasteiger partial charge in [0.2, 0.25) is 0 Å². The summed E-state index contributed by atoms with van der Waals surface area (Å²) in [5.74, 6) is -1.26. The third-order valence-corrected chi connectivity index (χ3v) is 6.19. The zero-order chi connectivity index (χ0) is 20.8. The van der Waals surface area contributed by atoms with Crippen molar-refractivity contribution in [3.8, 4) is 0 Å². The summed E-state index contributed by atoms with van der Waals surface area (Å²) in [6, 6.07) is 0. The van der Waals surface area contributed by atoms with Crippen LogP contribution in [0, 0.1) is 5.41 Å². The maximum Gasteiger partial charge on any atom is 0.468 e. The second kappa shape index (κ2) is 6.78. The van der Waals surface area contributed by atoms with Gasteiger partial charge in [-0.1, -0.05) is 26.0 Å². The molecule has 0 unspecified atom stereocenters. The lowest BCUT2D eigenvalue weighted by Gasteiger charge is -2.32. The SMILES string of the molecule is C/C=C1/CC(C(=O)OC)(C(=O)OC)C=C1C(C)(C)B1OC(C)(C)C(C)(C)O1. The van der Waals surface area contributed by atoms with Gasteiger partial charge in [-0.2, -0.15) is 0 Å². The molecule has 27 heavy (non-hydrogen) atoms. The molecule has 2 aliphatic rings. The Morgan fingerprint density at radius 1 is 1.07 bits per heavy atom. The zero-order valence-corrected chi connectivity index (χ0v) is 17.9. The minimum atomic E-state index is -1.48. The van der Waals surface area contributed by atoms with E-state index in [0.29, 0.717) is 0 Å². The highest BCUT2D eigenvalue weighted by Crippen LogP contribution is 2.55. The fourth-order valence-corrected chi connectivity index (χ4v) is 3.62. The second-order valence-corrected chi connectivity index (χ2v) is 8.81. The lowest BCUT2D eigenvalue weighted by Crippen LogP contribution is -2.41. The Labute approximate surface area is 162 Å². The van der Waals surface area contributed by atoms with Crippen molar-refractivity contribution in [2.24, 2.45) is 5.41 Å². The summed E-state index contributed by atoms with van der Waals surface area (Å²) >= 11 is 0. The minimum Gasteiger partial charge on any atom is -0.468 e. The number of methoxy groups -OCH3 is 2. The zero-order valence-electron chi connectivity index (χ0n) is 17.9. The van der Waals surface area contributed by atoms with Gasteiger partial charge in [-0.05, 0) is 45.8 Å². The molecule has 1 heterocycles. The lowest BCUT2D eigenvalue weighted by atomic mass is 9.55. The average molecular weight is 378 g/mol. The molecule has 0 bridgehead atoms. The van der Waals surface area contributed by atoms with Crippen LogP contribution in [0.15, 0.2) is 23.3 Å². The highest BCUT2D eigenvalue weighted by molar-refractivity contribution is 6.51. The van der Waals surface area contributed by atoms with E-state index in [-0.39, 0.29) is 6.42 Å². The number of carbonyl (C=O) groups excluding carboxylic acids is 2. The molecule has 1 aliphatic heterocycles. The average Bonchev–Trinajstić information content (AvgIpc) is 3.10. The van der Waals surface area contributed by atoms with Crippen LogP contribution in [0.1, 0.15) is 54.9 Å². The number of allylic oxidation sites excluding steroid dienone is 3. The maximum atomic E-state index is 12.5. The van der Waals surface area contributed by atoms with E-state index in [1.165, 1.54) is 14.2 Å². The Hall–Kier alpha value is -1.60. The summed E-state index contributed by atoms with van der Waals surface area (Å²) in [6.45, 7) is 13.9. The molecule has 6 nitrogen and oxygen atoms in total. The molecule has 0 radical (unpaired) electrons. The minimum absolute atomic E-state index is 0.196. The fourth-order valence-electron chi connectivity index (χ4n) is 3.62. The second-order valence-electron chi connectivity index (χ2n) is 8.81. The molecule has 7 heteroatoms. The van der Waals surface area contributed by atoms with E-state index < -0.39 is 41.0 Å².